The quantitative estimate of drug-likeness (QED) is 0.265. The molecule has 0 aromatic heterocycles. The van der Waals surface area contributed by atoms with Crippen molar-refractivity contribution in [2.45, 2.75) is 13.8 Å². The number of hydroxylamine groups is 2. The molecule has 0 fully saturated rings. The van der Waals surface area contributed by atoms with Crippen LogP contribution in [0.2, 0.25) is 0 Å². The molecule has 0 heterocycles. The molecule has 7 heteroatoms. The Morgan fingerprint density at radius 2 is 1.12 bits per heavy atom. The van der Waals surface area contributed by atoms with Crippen LogP contribution in [0, 0.1) is 29.1 Å². The predicted molar refractivity (Wildman–Crippen MR) is 50.1 cm³/mol. The summed E-state index contributed by atoms with van der Waals surface area (Å²) in [6, 6.07) is 0. The molecule has 2 nitrogen and oxygen atoms in total. The summed E-state index contributed by atoms with van der Waals surface area (Å²) in [5.74, 6) is -11.5. The summed E-state index contributed by atoms with van der Waals surface area (Å²) in [6.07, 6.45) is 0. The maximum atomic E-state index is 13.2. The molecule has 0 spiro atoms. The lowest BCUT2D eigenvalue weighted by Crippen LogP contribution is -2.34. The molecule has 0 saturated heterocycles. The molecular formula is C10H10F5NO+. The second-order valence-electron chi connectivity index (χ2n) is 3.10. The lowest BCUT2D eigenvalue weighted by molar-refractivity contribution is 0.0433. The van der Waals surface area contributed by atoms with Crippen LogP contribution in [0.1, 0.15) is 13.8 Å². The van der Waals surface area contributed by atoms with E-state index in [-0.39, 0.29) is 13.1 Å². The van der Waals surface area contributed by atoms with E-state index in [4.69, 9.17) is 0 Å². The number of rotatable bonds is 4. The molecule has 0 aliphatic heterocycles. The number of halogens is 5. The van der Waals surface area contributed by atoms with Gasteiger partial charge in [-0.2, -0.15) is 8.78 Å². The van der Waals surface area contributed by atoms with Crippen molar-refractivity contribution in [3.63, 3.8) is 0 Å². The van der Waals surface area contributed by atoms with Gasteiger partial charge in [0.1, 0.15) is 0 Å². The van der Waals surface area contributed by atoms with Gasteiger partial charge in [0, 0.05) is 5.06 Å². The SMILES string of the molecule is CC[N+](CC)Oc1c(F)c(F)c(F)c(F)c1F. The first-order valence-corrected chi connectivity index (χ1v) is 4.88. The fourth-order valence-electron chi connectivity index (χ4n) is 1.15. The Labute approximate surface area is 94.5 Å². The number of hydrogen-bond acceptors (Lipinski definition) is 2. The molecule has 1 radical (unpaired) electrons. The fraction of sp³-hybridized carbons (Fsp3) is 0.400. The molecule has 0 aliphatic carbocycles. The van der Waals surface area contributed by atoms with E-state index in [1.54, 1.807) is 13.8 Å². The lowest BCUT2D eigenvalue weighted by Gasteiger charge is -2.09. The Morgan fingerprint density at radius 3 is 1.47 bits per heavy atom. The Hall–Kier alpha value is -1.37. The first-order chi connectivity index (χ1) is 7.93. The average molecular weight is 255 g/mol. The van der Waals surface area contributed by atoms with Crippen LogP contribution in [0.5, 0.6) is 5.75 Å². The van der Waals surface area contributed by atoms with Gasteiger partial charge in [-0.15, -0.1) is 0 Å². The summed E-state index contributed by atoms with van der Waals surface area (Å²) in [6.45, 7) is 3.68. The van der Waals surface area contributed by atoms with Gasteiger partial charge in [0.15, 0.2) is 13.1 Å². The number of nitrogens with zero attached hydrogens (tertiary/aromatic N) is 1. The predicted octanol–water partition coefficient (Wildman–Crippen LogP) is 2.86. The molecule has 0 N–H and O–H groups in total. The van der Waals surface area contributed by atoms with Crippen LogP contribution >= 0.6 is 0 Å². The van der Waals surface area contributed by atoms with Crippen LogP contribution in [0.4, 0.5) is 22.0 Å². The van der Waals surface area contributed by atoms with Gasteiger partial charge in [-0.3, -0.25) is 4.84 Å². The average Bonchev–Trinajstić information content (AvgIpc) is 2.34. The molecule has 17 heavy (non-hydrogen) atoms. The van der Waals surface area contributed by atoms with Crippen molar-refractivity contribution in [1.82, 2.24) is 5.06 Å². The standard InChI is InChI=1S/C10H10F5NO/c1-3-16(4-2)17-10-8(14)6(12)5(11)7(13)9(10)15/h3-4H2,1-2H3/q+1. The third kappa shape index (κ3) is 2.49. The molecule has 0 amide bonds. The van der Waals surface area contributed by atoms with Crippen LogP contribution in [0.3, 0.4) is 0 Å². The van der Waals surface area contributed by atoms with Gasteiger partial charge in [-0.05, 0) is 13.8 Å². The zero-order valence-electron chi connectivity index (χ0n) is 9.16. The highest BCUT2D eigenvalue weighted by molar-refractivity contribution is 5.29. The van der Waals surface area contributed by atoms with E-state index in [2.05, 4.69) is 4.84 Å². The zero-order chi connectivity index (χ0) is 13.2. The Morgan fingerprint density at radius 1 is 0.765 bits per heavy atom. The Balaban J connectivity index is 3.24. The maximum absolute atomic E-state index is 13.2. The molecule has 0 unspecified atom stereocenters. The third-order valence-corrected chi connectivity index (χ3v) is 2.10. The molecular weight excluding hydrogens is 245 g/mol. The maximum Gasteiger partial charge on any atom is 0.274 e. The lowest BCUT2D eigenvalue weighted by atomic mass is 10.3. The summed E-state index contributed by atoms with van der Waals surface area (Å²) < 4.78 is 64.6. The van der Waals surface area contributed by atoms with Crippen LogP contribution in [0.15, 0.2) is 0 Å². The van der Waals surface area contributed by atoms with Crippen LogP contribution in [-0.4, -0.2) is 13.1 Å². The van der Waals surface area contributed by atoms with E-state index in [1.807, 2.05) is 0 Å². The van der Waals surface area contributed by atoms with Gasteiger partial charge in [0.25, 0.3) is 5.75 Å². The van der Waals surface area contributed by atoms with Crippen molar-refractivity contribution in [2.75, 3.05) is 13.1 Å². The monoisotopic (exact) mass is 255 g/mol. The van der Waals surface area contributed by atoms with Crippen LogP contribution in [0.25, 0.3) is 0 Å². The highest BCUT2D eigenvalue weighted by atomic mass is 19.2. The summed E-state index contributed by atoms with van der Waals surface area (Å²) in [7, 11) is 0. The molecule has 0 saturated carbocycles. The van der Waals surface area contributed by atoms with Gasteiger partial charge >= 0.3 is 0 Å². The van der Waals surface area contributed by atoms with Crippen molar-refractivity contribution < 1.29 is 26.8 Å². The third-order valence-electron chi connectivity index (χ3n) is 2.10. The molecule has 0 atom stereocenters. The van der Waals surface area contributed by atoms with E-state index in [0.717, 1.165) is 5.06 Å². The zero-order valence-corrected chi connectivity index (χ0v) is 9.16. The number of benzene rings is 1. The summed E-state index contributed by atoms with van der Waals surface area (Å²) in [4.78, 5) is 4.63. The first-order valence-electron chi connectivity index (χ1n) is 4.88. The van der Waals surface area contributed by atoms with Crippen molar-refractivity contribution in [1.29, 1.82) is 0 Å². The molecule has 1 rings (SSSR count). The second kappa shape index (κ2) is 5.31. The van der Waals surface area contributed by atoms with E-state index in [0.29, 0.717) is 0 Å². The van der Waals surface area contributed by atoms with E-state index < -0.39 is 34.8 Å². The summed E-state index contributed by atoms with van der Waals surface area (Å²) >= 11 is 0. The van der Waals surface area contributed by atoms with E-state index in [9.17, 15) is 22.0 Å². The molecule has 95 valence electrons. The number of hydrogen-bond donors (Lipinski definition) is 0. The van der Waals surface area contributed by atoms with Gasteiger partial charge in [-0.1, -0.05) is 0 Å². The van der Waals surface area contributed by atoms with Gasteiger partial charge in [-0.25, -0.2) is 13.2 Å². The highest BCUT2D eigenvalue weighted by Gasteiger charge is 2.31. The molecule has 0 aliphatic rings. The summed E-state index contributed by atoms with van der Waals surface area (Å²) in [5.41, 5.74) is 0. The van der Waals surface area contributed by atoms with Crippen LogP contribution in [-0.2, 0) is 0 Å². The van der Waals surface area contributed by atoms with Crippen molar-refractivity contribution in [2.24, 2.45) is 0 Å². The van der Waals surface area contributed by atoms with Crippen molar-refractivity contribution in [3.05, 3.63) is 29.1 Å². The van der Waals surface area contributed by atoms with E-state index >= 15 is 0 Å². The minimum absolute atomic E-state index is 0.232. The highest BCUT2D eigenvalue weighted by Crippen LogP contribution is 2.29. The Bertz CT molecular complexity index is 391. The smallest absolute Gasteiger partial charge is 0.254 e. The van der Waals surface area contributed by atoms with Gasteiger partial charge in [0.2, 0.25) is 29.1 Å². The summed E-state index contributed by atoms with van der Waals surface area (Å²) in [5, 5.41) is 1.05. The van der Waals surface area contributed by atoms with E-state index in [1.165, 1.54) is 0 Å². The van der Waals surface area contributed by atoms with Gasteiger partial charge < -0.3 is 0 Å². The largest absolute Gasteiger partial charge is 0.274 e. The van der Waals surface area contributed by atoms with Crippen molar-refractivity contribution in [3.8, 4) is 5.75 Å². The molecule has 1 aromatic carbocycles. The Kier molecular flexibility index (Phi) is 4.28. The van der Waals surface area contributed by atoms with Crippen molar-refractivity contribution >= 4 is 0 Å². The molecule has 1 aromatic rings. The normalized spacial score (nSPS) is 11.1. The second-order valence-corrected chi connectivity index (χ2v) is 3.10. The topological polar surface area (TPSA) is 15.1 Å². The fourth-order valence-corrected chi connectivity index (χ4v) is 1.15. The van der Waals surface area contributed by atoms with Gasteiger partial charge in [0.05, 0.1) is 0 Å². The van der Waals surface area contributed by atoms with Crippen LogP contribution < -0.4 is 9.90 Å². The minimum Gasteiger partial charge on any atom is -0.254 e. The first kappa shape index (κ1) is 13.7. The molecule has 0 bridgehead atoms. The minimum atomic E-state index is -2.20.